The minimum atomic E-state index is -0.625. The molecule has 188 valence electrons. The van der Waals surface area contributed by atoms with Crippen molar-refractivity contribution in [3.05, 3.63) is 130 Å². The largest absolute Gasteiger partial charge is 0.331 e. The van der Waals surface area contributed by atoms with Crippen LogP contribution in [-0.2, 0) is 9.72 Å². The minimum absolute atomic E-state index is 0.270. The molecule has 6 heteroatoms. The summed E-state index contributed by atoms with van der Waals surface area (Å²) in [5.41, 5.74) is 16.6. The van der Waals surface area contributed by atoms with Gasteiger partial charge in [0.2, 0.25) is 0 Å². The lowest BCUT2D eigenvalue weighted by atomic mass is 9.77. The average molecular weight is 509 g/mol. The van der Waals surface area contributed by atoms with Crippen molar-refractivity contribution < 1.29 is 4.18 Å². The van der Waals surface area contributed by atoms with Gasteiger partial charge in [-0.05, 0) is 62.1 Å². The van der Waals surface area contributed by atoms with Crippen LogP contribution in [0.15, 0.2) is 96.2 Å². The summed E-state index contributed by atoms with van der Waals surface area (Å²) in [5.74, 6) is 0. The number of nitrogens with one attached hydrogen (secondary N) is 3. The van der Waals surface area contributed by atoms with Crippen LogP contribution in [0.5, 0.6) is 0 Å². The highest BCUT2D eigenvalue weighted by atomic mass is 32.2. The Hall–Kier alpha value is -3.42. The first-order chi connectivity index (χ1) is 17.9. The monoisotopic (exact) mass is 508 g/mol. The maximum atomic E-state index is 5.89. The lowest BCUT2D eigenvalue weighted by Gasteiger charge is -2.37. The third-order valence-electron chi connectivity index (χ3n) is 6.61. The molecule has 4 aromatic carbocycles. The Bertz CT molecular complexity index is 1360. The van der Waals surface area contributed by atoms with Gasteiger partial charge >= 0.3 is 0 Å². The van der Waals surface area contributed by atoms with E-state index in [-0.39, 0.29) is 6.73 Å². The number of hydrazine groups is 1. The zero-order valence-corrected chi connectivity index (χ0v) is 22.4. The molecule has 0 aliphatic rings. The second kappa shape index (κ2) is 10.9. The van der Waals surface area contributed by atoms with Crippen molar-refractivity contribution in [1.82, 2.24) is 20.8 Å². The van der Waals surface area contributed by atoms with Gasteiger partial charge in [0.15, 0.2) is 5.16 Å². The van der Waals surface area contributed by atoms with E-state index in [9.17, 15) is 0 Å². The Balaban J connectivity index is 1.41. The smallest absolute Gasteiger partial charge is 0.194 e. The van der Waals surface area contributed by atoms with Gasteiger partial charge in [0.05, 0.1) is 23.1 Å². The predicted molar refractivity (Wildman–Crippen MR) is 152 cm³/mol. The van der Waals surface area contributed by atoms with Crippen molar-refractivity contribution >= 4 is 23.1 Å². The number of aryl methyl sites for hydroxylation is 4. The van der Waals surface area contributed by atoms with Crippen LogP contribution in [0.1, 0.15) is 38.9 Å². The van der Waals surface area contributed by atoms with Crippen molar-refractivity contribution in [2.75, 3.05) is 6.73 Å². The molecule has 0 aliphatic heterocycles. The summed E-state index contributed by atoms with van der Waals surface area (Å²) in [5, 5.41) is 0.726. The second-order valence-electron chi connectivity index (χ2n) is 9.56. The summed E-state index contributed by atoms with van der Waals surface area (Å²) in [6.07, 6.45) is 0. The number of nitrogens with zero attached hydrogens (tertiary/aromatic N) is 1. The normalized spacial score (nSPS) is 11.8. The number of aromatic nitrogens is 2. The summed E-state index contributed by atoms with van der Waals surface area (Å²) >= 11 is 1.23. The maximum absolute atomic E-state index is 5.89. The Morgan fingerprint density at radius 1 is 0.703 bits per heavy atom. The molecule has 5 rings (SSSR count). The number of benzene rings is 4. The molecule has 0 radical (unpaired) electrons. The molecule has 0 bridgehead atoms. The van der Waals surface area contributed by atoms with E-state index >= 15 is 0 Å². The highest BCUT2D eigenvalue weighted by molar-refractivity contribution is 7.94. The summed E-state index contributed by atoms with van der Waals surface area (Å²) in [6, 6.07) is 32.2. The summed E-state index contributed by atoms with van der Waals surface area (Å²) in [7, 11) is 0. The van der Waals surface area contributed by atoms with E-state index in [1.54, 1.807) is 0 Å². The fourth-order valence-corrected chi connectivity index (χ4v) is 5.07. The van der Waals surface area contributed by atoms with Crippen LogP contribution in [-0.4, -0.2) is 16.7 Å². The van der Waals surface area contributed by atoms with E-state index in [1.807, 2.05) is 6.07 Å². The molecule has 1 aromatic heterocycles. The van der Waals surface area contributed by atoms with E-state index in [0.717, 1.165) is 32.9 Å². The van der Waals surface area contributed by atoms with Gasteiger partial charge in [0, 0.05) is 0 Å². The molecule has 1 heterocycles. The van der Waals surface area contributed by atoms with E-state index in [1.165, 1.54) is 34.3 Å². The van der Waals surface area contributed by atoms with Gasteiger partial charge < -0.3 is 4.98 Å². The number of aromatic amines is 1. The van der Waals surface area contributed by atoms with Crippen molar-refractivity contribution in [2.45, 2.75) is 38.4 Å². The SMILES string of the molecule is Cc1ccc(C(NNCOSc2nc3ccc(C)cc3[nH]2)(c2ccc(C)cc2)c2ccc(C)cc2)cc1. The molecule has 0 saturated heterocycles. The zero-order chi connectivity index (χ0) is 25.8. The molecule has 0 fully saturated rings. The highest BCUT2D eigenvalue weighted by Gasteiger charge is 2.36. The maximum Gasteiger partial charge on any atom is 0.194 e. The predicted octanol–water partition coefficient (Wildman–Crippen LogP) is 6.86. The van der Waals surface area contributed by atoms with Crippen molar-refractivity contribution in [1.29, 1.82) is 0 Å². The Labute approximate surface area is 222 Å². The summed E-state index contributed by atoms with van der Waals surface area (Å²) in [4.78, 5) is 7.92. The molecule has 3 N–H and O–H groups in total. The van der Waals surface area contributed by atoms with Gasteiger partial charge in [-0.25, -0.2) is 15.8 Å². The van der Waals surface area contributed by atoms with Gasteiger partial charge in [-0.1, -0.05) is 95.6 Å². The number of hydrogen-bond donors (Lipinski definition) is 3. The standard InChI is InChI=1S/C31H32N4OS/c1-21-5-12-25(13-6-21)31(26-14-7-22(2)8-15-26,27-16-9-23(3)10-17-27)35-32-20-36-37-30-33-28-18-11-24(4)19-29(28)34-30/h5-19,32,35H,20H2,1-4H3,(H,33,34). The van der Waals surface area contributed by atoms with Crippen molar-refractivity contribution in [2.24, 2.45) is 0 Å². The van der Waals surface area contributed by atoms with Crippen LogP contribution in [0.4, 0.5) is 0 Å². The quantitative estimate of drug-likeness (QED) is 0.0667. The number of hydrogen-bond acceptors (Lipinski definition) is 5. The Kier molecular flexibility index (Phi) is 7.44. The first-order valence-corrected chi connectivity index (χ1v) is 13.2. The number of H-pyrrole nitrogens is 1. The van der Waals surface area contributed by atoms with Crippen LogP contribution in [0.3, 0.4) is 0 Å². The number of rotatable bonds is 9. The fraction of sp³-hybridized carbons (Fsp3) is 0.194. The molecule has 0 saturated carbocycles. The third-order valence-corrected chi connectivity index (χ3v) is 7.20. The number of fused-ring (bicyclic) bond motifs is 1. The molecule has 5 nitrogen and oxygen atoms in total. The van der Waals surface area contributed by atoms with Crippen LogP contribution in [0, 0.1) is 27.7 Å². The molecular formula is C31H32N4OS. The van der Waals surface area contributed by atoms with Gasteiger partial charge in [-0.3, -0.25) is 4.18 Å². The van der Waals surface area contributed by atoms with Crippen LogP contribution < -0.4 is 10.9 Å². The van der Waals surface area contributed by atoms with E-state index in [4.69, 9.17) is 4.18 Å². The third kappa shape index (κ3) is 5.48. The van der Waals surface area contributed by atoms with Crippen molar-refractivity contribution in [3.63, 3.8) is 0 Å². The van der Waals surface area contributed by atoms with Gasteiger partial charge in [0.25, 0.3) is 0 Å². The first-order valence-electron chi connectivity index (χ1n) is 12.4. The number of imidazole rings is 1. The van der Waals surface area contributed by atoms with Gasteiger partial charge in [-0.2, -0.15) is 0 Å². The molecule has 5 aromatic rings. The van der Waals surface area contributed by atoms with Crippen LogP contribution in [0.25, 0.3) is 11.0 Å². The van der Waals surface area contributed by atoms with Gasteiger partial charge in [0.1, 0.15) is 12.3 Å². The molecule has 0 spiro atoms. The fourth-order valence-electron chi connectivity index (χ4n) is 4.55. The topological polar surface area (TPSA) is 62.0 Å². The summed E-state index contributed by atoms with van der Waals surface area (Å²) in [6.45, 7) is 8.67. The second-order valence-corrected chi connectivity index (χ2v) is 10.3. The molecule has 0 amide bonds. The van der Waals surface area contributed by atoms with Crippen molar-refractivity contribution in [3.8, 4) is 0 Å². The molecule has 0 atom stereocenters. The minimum Gasteiger partial charge on any atom is -0.331 e. The first kappa shape index (κ1) is 25.2. The molecule has 0 unspecified atom stereocenters. The molecule has 0 aliphatic carbocycles. The Morgan fingerprint density at radius 2 is 1.19 bits per heavy atom. The molecular weight excluding hydrogens is 476 g/mol. The van der Waals surface area contributed by atoms with Crippen LogP contribution >= 0.6 is 12.0 Å². The lowest BCUT2D eigenvalue weighted by Crippen LogP contribution is -2.52. The van der Waals surface area contributed by atoms with Gasteiger partial charge in [-0.15, -0.1) is 0 Å². The summed E-state index contributed by atoms with van der Waals surface area (Å²) < 4.78 is 5.89. The van der Waals surface area contributed by atoms with E-state index in [0.29, 0.717) is 0 Å². The van der Waals surface area contributed by atoms with E-state index < -0.39 is 5.54 Å². The molecule has 37 heavy (non-hydrogen) atoms. The Morgan fingerprint density at radius 3 is 1.70 bits per heavy atom. The average Bonchev–Trinajstić information content (AvgIpc) is 3.30. The zero-order valence-electron chi connectivity index (χ0n) is 21.6. The lowest BCUT2D eigenvalue weighted by molar-refractivity contribution is 0.265. The van der Waals surface area contributed by atoms with E-state index in [2.05, 4.69) is 133 Å². The van der Waals surface area contributed by atoms with Crippen LogP contribution in [0.2, 0.25) is 0 Å². The highest BCUT2D eigenvalue weighted by Crippen LogP contribution is 2.37.